The molecule has 1 aromatic carbocycles. The molecule has 21 heavy (non-hydrogen) atoms. The van der Waals surface area contributed by atoms with Crippen molar-refractivity contribution in [3.63, 3.8) is 0 Å². The number of aromatic amines is 1. The first-order valence-electron chi connectivity index (χ1n) is 6.50. The van der Waals surface area contributed by atoms with Crippen LogP contribution < -0.4 is 5.32 Å². The molecule has 0 aliphatic heterocycles. The molecule has 0 aliphatic carbocycles. The highest BCUT2D eigenvalue weighted by molar-refractivity contribution is 5.92. The molecule has 0 aliphatic rings. The molecule has 1 amide bonds. The Balaban J connectivity index is 1.77. The summed E-state index contributed by atoms with van der Waals surface area (Å²) in [5.74, 6) is -0.188. The Morgan fingerprint density at radius 1 is 1.29 bits per heavy atom. The van der Waals surface area contributed by atoms with Gasteiger partial charge < -0.3 is 10.3 Å². The van der Waals surface area contributed by atoms with E-state index in [4.69, 9.17) is 0 Å². The van der Waals surface area contributed by atoms with Crippen LogP contribution in [0.1, 0.15) is 29.3 Å². The second-order valence-corrected chi connectivity index (χ2v) is 4.70. The molecule has 3 rings (SSSR count). The lowest BCUT2D eigenvalue weighted by Gasteiger charge is -2.10. The van der Waals surface area contributed by atoms with Gasteiger partial charge in [-0.3, -0.25) is 4.79 Å². The molecular weight excluding hydrogens is 271 g/mol. The minimum absolute atomic E-state index is 0.166. The molecule has 0 saturated heterocycles. The van der Waals surface area contributed by atoms with Gasteiger partial charge in [0.25, 0.3) is 5.91 Å². The van der Waals surface area contributed by atoms with Crippen LogP contribution in [0.2, 0.25) is 0 Å². The van der Waals surface area contributed by atoms with E-state index < -0.39 is 5.82 Å². The number of hydrogen-bond donors (Lipinski definition) is 2. The summed E-state index contributed by atoms with van der Waals surface area (Å²) in [6.45, 7) is 1.82. The lowest BCUT2D eigenvalue weighted by molar-refractivity contribution is 0.0933. The summed E-state index contributed by atoms with van der Waals surface area (Å²) in [6.07, 6.45) is 1.01. The van der Waals surface area contributed by atoms with Gasteiger partial charge in [0.1, 0.15) is 17.3 Å². The molecule has 5 nitrogen and oxygen atoms in total. The number of fused-ring (bicyclic) bond motifs is 1. The Bertz CT molecular complexity index is 749. The van der Waals surface area contributed by atoms with Crippen molar-refractivity contribution in [3.8, 4) is 0 Å². The zero-order valence-electron chi connectivity index (χ0n) is 11.3. The largest absolute Gasteiger partial charge is 0.341 e. The molecule has 2 aromatic heterocycles. The fourth-order valence-corrected chi connectivity index (χ4v) is 2.03. The fraction of sp³-hybridized carbons (Fsp3) is 0.133. The molecule has 0 fully saturated rings. The Kier molecular flexibility index (Phi) is 3.35. The van der Waals surface area contributed by atoms with Crippen LogP contribution in [0.3, 0.4) is 0 Å². The molecule has 1 atom stereocenters. The number of H-pyrrole nitrogens is 1. The van der Waals surface area contributed by atoms with E-state index in [1.165, 1.54) is 12.1 Å². The Labute approximate surface area is 120 Å². The van der Waals surface area contributed by atoms with E-state index in [2.05, 4.69) is 20.3 Å². The van der Waals surface area contributed by atoms with Crippen LogP contribution in [0.4, 0.5) is 4.39 Å². The van der Waals surface area contributed by atoms with Gasteiger partial charge in [-0.05, 0) is 31.2 Å². The second-order valence-electron chi connectivity index (χ2n) is 4.70. The number of carbonyl (C=O) groups is 1. The van der Waals surface area contributed by atoms with Crippen LogP contribution in [0, 0.1) is 5.82 Å². The van der Waals surface area contributed by atoms with Gasteiger partial charge in [-0.15, -0.1) is 0 Å². The number of nitrogens with one attached hydrogen (secondary N) is 2. The van der Waals surface area contributed by atoms with Crippen molar-refractivity contribution in [1.29, 1.82) is 0 Å². The van der Waals surface area contributed by atoms with Gasteiger partial charge in [-0.2, -0.15) is 0 Å². The summed E-state index contributed by atoms with van der Waals surface area (Å²) in [5, 5.41) is 2.78. The Morgan fingerprint density at radius 2 is 2.10 bits per heavy atom. The lowest BCUT2D eigenvalue weighted by Crippen LogP contribution is -2.28. The number of pyridine rings is 1. The normalized spacial score (nSPS) is 12.3. The lowest BCUT2D eigenvalue weighted by atomic mass is 10.3. The number of rotatable bonds is 3. The van der Waals surface area contributed by atoms with Crippen molar-refractivity contribution >= 4 is 16.9 Å². The van der Waals surface area contributed by atoms with Gasteiger partial charge in [0.05, 0.1) is 23.3 Å². The van der Waals surface area contributed by atoms with Crippen LogP contribution in [0.25, 0.3) is 11.0 Å². The highest BCUT2D eigenvalue weighted by Gasteiger charge is 2.15. The maximum absolute atomic E-state index is 12.8. The third-order valence-corrected chi connectivity index (χ3v) is 3.13. The molecule has 3 aromatic rings. The molecular formula is C15H13FN4O. The SMILES string of the molecule is CC(NC(=O)c1ccc(F)cn1)c1nc2ccccc2[nH]1. The van der Waals surface area contributed by atoms with Gasteiger partial charge in [0, 0.05) is 0 Å². The average Bonchev–Trinajstić information content (AvgIpc) is 2.92. The monoisotopic (exact) mass is 284 g/mol. The summed E-state index contributed by atoms with van der Waals surface area (Å²) in [7, 11) is 0. The van der Waals surface area contributed by atoms with Crippen molar-refractivity contribution in [1.82, 2.24) is 20.3 Å². The van der Waals surface area contributed by atoms with Gasteiger partial charge in [-0.25, -0.2) is 14.4 Å². The zero-order chi connectivity index (χ0) is 14.8. The summed E-state index contributed by atoms with van der Waals surface area (Å²) in [4.78, 5) is 23.3. The summed E-state index contributed by atoms with van der Waals surface area (Å²) in [6, 6.07) is 9.86. The number of halogens is 1. The minimum atomic E-state index is -0.475. The second kappa shape index (κ2) is 5.32. The van der Waals surface area contributed by atoms with Crippen molar-refractivity contribution in [2.75, 3.05) is 0 Å². The standard InChI is InChI=1S/C15H13FN4O/c1-9(14-19-11-4-2-3-5-12(11)20-14)18-15(21)13-7-6-10(16)8-17-13/h2-9H,1H3,(H,18,21)(H,19,20). The number of aromatic nitrogens is 3. The van der Waals surface area contributed by atoms with Crippen LogP contribution in [0.5, 0.6) is 0 Å². The molecule has 6 heteroatoms. The number of carbonyl (C=O) groups excluding carboxylic acids is 1. The predicted octanol–water partition coefficient (Wildman–Crippen LogP) is 2.59. The first-order valence-corrected chi connectivity index (χ1v) is 6.50. The van der Waals surface area contributed by atoms with E-state index in [-0.39, 0.29) is 17.6 Å². The molecule has 0 radical (unpaired) electrons. The molecule has 0 spiro atoms. The maximum Gasteiger partial charge on any atom is 0.270 e. The van der Waals surface area contributed by atoms with Gasteiger partial charge in [-0.1, -0.05) is 12.1 Å². The van der Waals surface area contributed by atoms with E-state index >= 15 is 0 Å². The quantitative estimate of drug-likeness (QED) is 0.776. The number of benzene rings is 1. The highest BCUT2D eigenvalue weighted by Crippen LogP contribution is 2.15. The molecule has 106 valence electrons. The van der Waals surface area contributed by atoms with E-state index in [0.29, 0.717) is 5.82 Å². The summed E-state index contributed by atoms with van der Waals surface area (Å²) in [5.41, 5.74) is 1.92. The molecule has 0 saturated carbocycles. The molecule has 2 heterocycles. The number of para-hydroxylation sites is 2. The summed E-state index contributed by atoms with van der Waals surface area (Å²) >= 11 is 0. The van der Waals surface area contributed by atoms with Crippen LogP contribution in [0.15, 0.2) is 42.6 Å². The van der Waals surface area contributed by atoms with Crippen LogP contribution in [-0.4, -0.2) is 20.9 Å². The fourth-order valence-electron chi connectivity index (χ4n) is 2.03. The highest BCUT2D eigenvalue weighted by atomic mass is 19.1. The van der Waals surface area contributed by atoms with E-state index in [9.17, 15) is 9.18 Å². The zero-order valence-corrected chi connectivity index (χ0v) is 11.3. The van der Waals surface area contributed by atoms with Crippen LogP contribution >= 0.6 is 0 Å². The summed E-state index contributed by atoms with van der Waals surface area (Å²) < 4.78 is 12.8. The van der Waals surface area contributed by atoms with Crippen LogP contribution in [-0.2, 0) is 0 Å². The predicted molar refractivity (Wildman–Crippen MR) is 76.2 cm³/mol. The van der Waals surface area contributed by atoms with E-state index in [1.54, 1.807) is 0 Å². The minimum Gasteiger partial charge on any atom is -0.341 e. The van der Waals surface area contributed by atoms with Crippen molar-refractivity contribution in [3.05, 3.63) is 59.9 Å². The molecule has 0 bridgehead atoms. The maximum atomic E-state index is 12.8. The van der Waals surface area contributed by atoms with E-state index in [1.807, 2.05) is 31.2 Å². The molecule has 2 N–H and O–H groups in total. The van der Waals surface area contributed by atoms with Crippen molar-refractivity contribution in [2.45, 2.75) is 13.0 Å². The number of imidazole rings is 1. The van der Waals surface area contributed by atoms with Crippen molar-refractivity contribution < 1.29 is 9.18 Å². The smallest absolute Gasteiger partial charge is 0.270 e. The number of hydrogen-bond acceptors (Lipinski definition) is 3. The number of nitrogens with zero attached hydrogens (tertiary/aromatic N) is 2. The topological polar surface area (TPSA) is 70.7 Å². The third kappa shape index (κ3) is 2.74. The Hall–Kier alpha value is -2.76. The molecule has 1 unspecified atom stereocenters. The Morgan fingerprint density at radius 3 is 2.81 bits per heavy atom. The third-order valence-electron chi connectivity index (χ3n) is 3.13. The van der Waals surface area contributed by atoms with Gasteiger partial charge in [0.15, 0.2) is 0 Å². The van der Waals surface area contributed by atoms with Gasteiger partial charge in [0.2, 0.25) is 0 Å². The first-order chi connectivity index (χ1) is 10.1. The van der Waals surface area contributed by atoms with Gasteiger partial charge >= 0.3 is 0 Å². The average molecular weight is 284 g/mol. The first kappa shape index (κ1) is 13.2. The number of amides is 1. The van der Waals surface area contributed by atoms with E-state index in [0.717, 1.165) is 17.2 Å². The van der Waals surface area contributed by atoms with Crippen molar-refractivity contribution in [2.24, 2.45) is 0 Å².